The number of nitrogens with zero attached hydrogens (tertiary/aromatic N) is 1. The smallest absolute Gasteiger partial charge is 0.143 e. The van der Waals surface area contributed by atoms with E-state index in [0.717, 1.165) is 55.2 Å². The van der Waals surface area contributed by atoms with Gasteiger partial charge in [-0.05, 0) is 97.7 Å². The Kier molecular flexibility index (Phi) is 7.48. The fourth-order valence-corrected chi connectivity index (χ4v) is 9.98. The maximum Gasteiger partial charge on any atom is 0.143 e. The molecule has 0 N–H and O–H groups in total. The Labute approximate surface area is 342 Å². The molecule has 11 aromatic rings. The van der Waals surface area contributed by atoms with Gasteiger partial charge in [-0.15, -0.1) is 0 Å². The van der Waals surface area contributed by atoms with Crippen molar-refractivity contribution in [1.29, 1.82) is 0 Å². The third-order valence-electron chi connectivity index (χ3n) is 12.5. The predicted molar refractivity (Wildman–Crippen MR) is 246 cm³/mol. The predicted octanol–water partition coefficient (Wildman–Crippen LogP) is 15.4. The highest BCUT2D eigenvalue weighted by Gasteiger charge is 2.46. The first-order valence-corrected chi connectivity index (χ1v) is 20.3. The summed E-state index contributed by atoms with van der Waals surface area (Å²) in [5.41, 5.74) is 14.5. The molecule has 12 rings (SSSR count). The zero-order valence-corrected chi connectivity index (χ0v) is 32.2. The topological polar surface area (TPSA) is 16.4 Å². The van der Waals surface area contributed by atoms with Crippen LogP contribution in [0.1, 0.15) is 22.3 Å². The van der Waals surface area contributed by atoms with E-state index >= 15 is 0 Å². The molecule has 0 saturated carbocycles. The normalized spacial score (nSPS) is 12.9. The van der Waals surface area contributed by atoms with Gasteiger partial charge in [-0.2, -0.15) is 0 Å². The second-order valence-electron chi connectivity index (χ2n) is 15.6. The maximum atomic E-state index is 6.78. The van der Waals surface area contributed by atoms with Crippen LogP contribution in [0.5, 0.6) is 0 Å². The highest BCUT2D eigenvalue weighted by Crippen LogP contribution is 2.57. The number of hydrogen-bond acceptors (Lipinski definition) is 2. The van der Waals surface area contributed by atoms with Crippen LogP contribution in [0, 0.1) is 0 Å². The third kappa shape index (κ3) is 5.00. The van der Waals surface area contributed by atoms with Crippen LogP contribution in [0.15, 0.2) is 229 Å². The van der Waals surface area contributed by atoms with E-state index in [1.807, 2.05) is 6.07 Å². The van der Waals surface area contributed by atoms with Gasteiger partial charge in [0.15, 0.2) is 0 Å². The maximum absolute atomic E-state index is 6.78. The lowest BCUT2D eigenvalue weighted by molar-refractivity contribution is 0.673. The average molecular weight is 752 g/mol. The van der Waals surface area contributed by atoms with Gasteiger partial charge in [-0.1, -0.05) is 182 Å². The van der Waals surface area contributed by atoms with Crippen molar-refractivity contribution in [3.05, 3.63) is 247 Å². The fourth-order valence-electron chi connectivity index (χ4n) is 9.98. The Morgan fingerprint density at radius 3 is 1.73 bits per heavy atom. The molecule has 0 amide bonds. The lowest BCUT2D eigenvalue weighted by atomic mass is 9.67. The van der Waals surface area contributed by atoms with Crippen LogP contribution in [0.2, 0.25) is 0 Å². The highest BCUT2D eigenvalue weighted by atomic mass is 16.3. The number of para-hydroxylation sites is 1. The minimum absolute atomic E-state index is 0.529. The second kappa shape index (κ2) is 13.2. The number of rotatable bonds is 6. The molecule has 0 aliphatic heterocycles. The molecule has 0 saturated heterocycles. The van der Waals surface area contributed by atoms with E-state index in [1.54, 1.807) is 0 Å². The zero-order valence-electron chi connectivity index (χ0n) is 32.2. The molecule has 1 aliphatic carbocycles. The quantitative estimate of drug-likeness (QED) is 0.157. The van der Waals surface area contributed by atoms with E-state index in [1.165, 1.54) is 49.9 Å². The average Bonchev–Trinajstić information content (AvgIpc) is 3.84. The first-order valence-electron chi connectivity index (χ1n) is 20.3. The van der Waals surface area contributed by atoms with Crippen molar-refractivity contribution in [1.82, 2.24) is 0 Å². The van der Waals surface area contributed by atoms with E-state index in [2.05, 4.69) is 223 Å². The summed E-state index contributed by atoms with van der Waals surface area (Å²) in [5.74, 6) is 0. The molecule has 0 fully saturated rings. The van der Waals surface area contributed by atoms with Gasteiger partial charge in [0.1, 0.15) is 11.2 Å². The summed E-state index contributed by atoms with van der Waals surface area (Å²) < 4.78 is 6.78. The molecule has 2 nitrogen and oxygen atoms in total. The van der Waals surface area contributed by atoms with E-state index in [4.69, 9.17) is 4.42 Å². The van der Waals surface area contributed by atoms with Crippen LogP contribution in [0.3, 0.4) is 0 Å². The minimum atomic E-state index is -0.529. The standard InChI is InChI=1S/C57H37NO/c1-3-16-38(17-4-1)39-30-32-43(33-31-39)58(53-36-40-18-7-8-23-45(40)55-50(53)35-34-49-48-26-11-14-29-54(48)59-56(49)55)44-22-15-21-42(37-44)57(41-19-5-2-6-20-41)51-27-12-9-24-46(51)47-25-10-13-28-52(47)57/h1-37H. The van der Waals surface area contributed by atoms with Gasteiger partial charge < -0.3 is 9.32 Å². The Morgan fingerprint density at radius 1 is 0.373 bits per heavy atom. The summed E-state index contributed by atoms with van der Waals surface area (Å²) in [6, 6.07) is 81.8. The van der Waals surface area contributed by atoms with Crippen LogP contribution < -0.4 is 4.90 Å². The van der Waals surface area contributed by atoms with Crippen molar-refractivity contribution < 1.29 is 4.42 Å². The molecule has 1 aromatic heterocycles. The molecular formula is C57H37NO. The number of benzene rings is 10. The van der Waals surface area contributed by atoms with Gasteiger partial charge in [-0.3, -0.25) is 0 Å². The van der Waals surface area contributed by atoms with Crippen molar-refractivity contribution in [2.24, 2.45) is 0 Å². The monoisotopic (exact) mass is 751 g/mol. The van der Waals surface area contributed by atoms with Gasteiger partial charge in [0.25, 0.3) is 0 Å². The number of furan rings is 1. The first kappa shape index (κ1) is 33.5. The van der Waals surface area contributed by atoms with Crippen molar-refractivity contribution >= 4 is 60.5 Å². The minimum Gasteiger partial charge on any atom is -0.455 e. The molecule has 1 aliphatic rings. The molecule has 10 aromatic carbocycles. The van der Waals surface area contributed by atoms with Crippen molar-refractivity contribution in [3.8, 4) is 22.3 Å². The molecular weight excluding hydrogens is 715 g/mol. The van der Waals surface area contributed by atoms with Crippen LogP contribution in [-0.2, 0) is 5.41 Å². The Morgan fingerprint density at radius 2 is 0.966 bits per heavy atom. The van der Waals surface area contributed by atoms with Crippen LogP contribution >= 0.6 is 0 Å². The summed E-state index contributed by atoms with van der Waals surface area (Å²) in [6.45, 7) is 0. The zero-order chi connectivity index (χ0) is 38.9. The van der Waals surface area contributed by atoms with Crippen LogP contribution in [0.4, 0.5) is 17.1 Å². The summed E-state index contributed by atoms with van der Waals surface area (Å²) in [4.78, 5) is 2.45. The molecule has 0 bridgehead atoms. The summed E-state index contributed by atoms with van der Waals surface area (Å²) >= 11 is 0. The Bertz CT molecular complexity index is 3330. The Hall–Kier alpha value is -7.68. The molecule has 0 unspecified atom stereocenters. The summed E-state index contributed by atoms with van der Waals surface area (Å²) in [5, 5.41) is 6.83. The molecule has 1 heterocycles. The van der Waals surface area contributed by atoms with Gasteiger partial charge in [0.05, 0.1) is 11.1 Å². The van der Waals surface area contributed by atoms with Gasteiger partial charge >= 0.3 is 0 Å². The fraction of sp³-hybridized carbons (Fsp3) is 0.0175. The lowest BCUT2D eigenvalue weighted by Gasteiger charge is -2.35. The van der Waals surface area contributed by atoms with Crippen LogP contribution in [0.25, 0.3) is 65.7 Å². The molecule has 0 radical (unpaired) electrons. The van der Waals surface area contributed by atoms with Crippen molar-refractivity contribution in [3.63, 3.8) is 0 Å². The number of hydrogen-bond donors (Lipinski definition) is 0. The van der Waals surface area contributed by atoms with Crippen LogP contribution in [-0.4, -0.2) is 0 Å². The highest BCUT2D eigenvalue weighted by molar-refractivity contribution is 6.26. The summed E-state index contributed by atoms with van der Waals surface area (Å²) in [6.07, 6.45) is 0. The molecule has 0 spiro atoms. The van der Waals surface area contributed by atoms with E-state index in [9.17, 15) is 0 Å². The first-order chi connectivity index (χ1) is 29.3. The van der Waals surface area contributed by atoms with Gasteiger partial charge in [0, 0.05) is 32.9 Å². The SMILES string of the molecule is c1ccc(-c2ccc(N(c3cccc(C4(c5ccccc5)c5ccccc5-c5ccccc54)c3)c3cc4ccccc4c4c3ccc3c5ccccc5oc34)cc2)cc1. The van der Waals surface area contributed by atoms with E-state index < -0.39 is 5.41 Å². The van der Waals surface area contributed by atoms with E-state index in [-0.39, 0.29) is 0 Å². The largest absolute Gasteiger partial charge is 0.455 e. The molecule has 59 heavy (non-hydrogen) atoms. The Balaban J connectivity index is 1.16. The molecule has 2 heteroatoms. The van der Waals surface area contributed by atoms with Gasteiger partial charge in [0.2, 0.25) is 0 Å². The van der Waals surface area contributed by atoms with Crippen molar-refractivity contribution in [2.75, 3.05) is 4.90 Å². The third-order valence-corrected chi connectivity index (χ3v) is 12.5. The second-order valence-corrected chi connectivity index (χ2v) is 15.6. The van der Waals surface area contributed by atoms with E-state index in [0.29, 0.717) is 0 Å². The lowest BCUT2D eigenvalue weighted by Crippen LogP contribution is -2.28. The van der Waals surface area contributed by atoms with Crippen molar-refractivity contribution in [2.45, 2.75) is 5.41 Å². The molecule has 276 valence electrons. The number of anilines is 3. The molecule has 0 atom stereocenters. The summed E-state index contributed by atoms with van der Waals surface area (Å²) in [7, 11) is 0. The van der Waals surface area contributed by atoms with Gasteiger partial charge in [-0.25, -0.2) is 0 Å². The number of fused-ring (bicyclic) bond motifs is 10.